The highest BCUT2D eigenvalue weighted by Crippen LogP contribution is 2.29. The molecule has 1 aliphatic rings. The van der Waals surface area contributed by atoms with Crippen LogP contribution in [0, 0.1) is 0 Å². The van der Waals surface area contributed by atoms with Crippen LogP contribution in [-0.4, -0.2) is 19.3 Å². The summed E-state index contributed by atoms with van der Waals surface area (Å²) in [6.45, 7) is 1.32. The Bertz CT molecular complexity index is 393. The van der Waals surface area contributed by atoms with Crippen LogP contribution in [0.4, 0.5) is 20.2 Å². The minimum Gasteiger partial charge on any atom is -0.399 e. The quantitative estimate of drug-likeness (QED) is 0.813. The molecule has 5 heteroatoms. The average Bonchev–Trinajstić information content (AvgIpc) is 2.38. The van der Waals surface area contributed by atoms with Crippen LogP contribution in [0.15, 0.2) is 18.2 Å². The molecule has 0 bridgehead atoms. The second kappa shape index (κ2) is 6.00. The van der Waals surface area contributed by atoms with Gasteiger partial charge in [0.05, 0.1) is 6.10 Å². The van der Waals surface area contributed by atoms with E-state index >= 15 is 0 Å². The van der Waals surface area contributed by atoms with Crippen LogP contribution in [0.1, 0.15) is 31.3 Å². The number of benzene rings is 1. The summed E-state index contributed by atoms with van der Waals surface area (Å²) >= 11 is 0. The number of alkyl halides is 2. The van der Waals surface area contributed by atoms with Gasteiger partial charge in [0.2, 0.25) is 0 Å². The SMILES string of the molecule is Nc1ccc(NCC2CCCCO2)c(C(F)F)c1. The van der Waals surface area contributed by atoms with E-state index in [1.807, 2.05) is 0 Å². The molecule has 0 aromatic heterocycles. The standard InChI is InChI=1S/C13H18F2N2O/c14-13(15)11-7-9(16)4-5-12(11)17-8-10-3-1-2-6-18-10/h4-5,7,10,13,17H,1-3,6,8,16H2. The summed E-state index contributed by atoms with van der Waals surface area (Å²) in [5.41, 5.74) is 6.26. The molecular formula is C13H18F2N2O. The number of anilines is 2. The molecule has 1 heterocycles. The minimum absolute atomic E-state index is 0.0502. The number of hydrogen-bond acceptors (Lipinski definition) is 3. The molecule has 1 aliphatic heterocycles. The Kier molecular flexibility index (Phi) is 4.36. The Morgan fingerprint density at radius 2 is 2.22 bits per heavy atom. The molecular weight excluding hydrogens is 238 g/mol. The van der Waals surface area contributed by atoms with E-state index in [1.54, 1.807) is 12.1 Å². The van der Waals surface area contributed by atoms with E-state index in [-0.39, 0.29) is 11.7 Å². The second-order valence-electron chi connectivity index (χ2n) is 4.52. The molecule has 1 atom stereocenters. The molecule has 0 amide bonds. The Balaban J connectivity index is 1.99. The van der Waals surface area contributed by atoms with E-state index < -0.39 is 6.43 Å². The molecule has 1 aromatic rings. The van der Waals surface area contributed by atoms with Crippen molar-refractivity contribution < 1.29 is 13.5 Å². The number of nitrogens with one attached hydrogen (secondary N) is 1. The van der Waals surface area contributed by atoms with Crippen LogP contribution in [0.25, 0.3) is 0 Å². The van der Waals surface area contributed by atoms with Gasteiger partial charge in [-0.2, -0.15) is 0 Å². The van der Waals surface area contributed by atoms with Crippen LogP contribution in [0.3, 0.4) is 0 Å². The second-order valence-corrected chi connectivity index (χ2v) is 4.52. The van der Waals surface area contributed by atoms with Crippen molar-refractivity contribution >= 4 is 11.4 Å². The van der Waals surface area contributed by atoms with Gasteiger partial charge < -0.3 is 15.8 Å². The number of nitrogens with two attached hydrogens (primary N) is 1. The van der Waals surface area contributed by atoms with E-state index in [0.29, 0.717) is 17.9 Å². The van der Waals surface area contributed by atoms with Crippen LogP contribution < -0.4 is 11.1 Å². The summed E-state index contributed by atoms with van der Waals surface area (Å²) in [5, 5.41) is 3.03. The summed E-state index contributed by atoms with van der Waals surface area (Å²) < 4.78 is 31.2. The lowest BCUT2D eigenvalue weighted by molar-refractivity contribution is 0.0247. The van der Waals surface area contributed by atoms with Gasteiger partial charge >= 0.3 is 0 Å². The van der Waals surface area contributed by atoms with Gasteiger partial charge in [-0.05, 0) is 37.5 Å². The summed E-state index contributed by atoms with van der Waals surface area (Å²) in [6, 6.07) is 4.53. The molecule has 18 heavy (non-hydrogen) atoms. The third-order valence-corrected chi connectivity index (χ3v) is 3.10. The predicted molar refractivity (Wildman–Crippen MR) is 67.9 cm³/mol. The fourth-order valence-corrected chi connectivity index (χ4v) is 2.11. The highest BCUT2D eigenvalue weighted by molar-refractivity contribution is 5.58. The highest BCUT2D eigenvalue weighted by atomic mass is 19.3. The molecule has 0 saturated carbocycles. The lowest BCUT2D eigenvalue weighted by Gasteiger charge is -2.24. The lowest BCUT2D eigenvalue weighted by Crippen LogP contribution is -2.27. The van der Waals surface area contributed by atoms with Gasteiger partial charge in [0.15, 0.2) is 0 Å². The van der Waals surface area contributed by atoms with Crippen molar-refractivity contribution in [3.05, 3.63) is 23.8 Å². The maximum Gasteiger partial charge on any atom is 0.265 e. The number of ether oxygens (including phenoxy) is 1. The van der Waals surface area contributed by atoms with Gasteiger partial charge in [0, 0.05) is 30.1 Å². The zero-order chi connectivity index (χ0) is 13.0. The third kappa shape index (κ3) is 3.32. The van der Waals surface area contributed by atoms with Crippen molar-refractivity contribution in [2.45, 2.75) is 31.8 Å². The van der Waals surface area contributed by atoms with Crippen LogP contribution in [-0.2, 0) is 4.74 Å². The maximum atomic E-state index is 12.8. The molecule has 100 valence electrons. The van der Waals surface area contributed by atoms with Crippen molar-refractivity contribution in [2.24, 2.45) is 0 Å². The monoisotopic (exact) mass is 256 g/mol. The normalized spacial score (nSPS) is 20.1. The van der Waals surface area contributed by atoms with E-state index in [0.717, 1.165) is 25.9 Å². The van der Waals surface area contributed by atoms with Gasteiger partial charge in [-0.25, -0.2) is 8.78 Å². The van der Waals surface area contributed by atoms with Crippen LogP contribution in [0.2, 0.25) is 0 Å². The van der Waals surface area contributed by atoms with Crippen molar-refractivity contribution in [1.82, 2.24) is 0 Å². The first-order valence-electron chi connectivity index (χ1n) is 6.20. The fraction of sp³-hybridized carbons (Fsp3) is 0.538. The molecule has 1 unspecified atom stereocenters. The van der Waals surface area contributed by atoms with E-state index in [9.17, 15) is 8.78 Å². The van der Waals surface area contributed by atoms with Crippen molar-refractivity contribution in [3.63, 3.8) is 0 Å². The first kappa shape index (κ1) is 13.1. The lowest BCUT2D eigenvalue weighted by atomic mass is 10.1. The zero-order valence-electron chi connectivity index (χ0n) is 10.2. The highest BCUT2D eigenvalue weighted by Gasteiger charge is 2.16. The van der Waals surface area contributed by atoms with Crippen molar-refractivity contribution in [3.8, 4) is 0 Å². The Morgan fingerprint density at radius 1 is 1.39 bits per heavy atom. The van der Waals surface area contributed by atoms with Crippen molar-refractivity contribution in [1.29, 1.82) is 0 Å². The third-order valence-electron chi connectivity index (χ3n) is 3.10. The minimum atomic E-state index is -2.52. The van der Waals surface area contributed by atoms with Gasteiger partial charge in [0.1, 0.15) is 0 Å². The number of hydrogen-bond donors (Lipinski definition) is 2. The summed E-state index contributed by atoms with van der Waals surface area (Å²) in [4.78, 5) is 0. The average molecular weight is 256 g/mol. The van der Waals surface area contributed by atoms with Crippen molar-refractivity contribution in [2.75, 3.05) is 24.2 Å². The molecule has 3 nitrogen and oxygen atoms in total. The molecule has 3 N–H and O–H groups in total. The van der Waals surface area contributed by atoms with Crippen LogP contribution in [0.5, 0.6) is 0 Å². The van der Waals surface area contributed by atoms with Gasteiger partial charge in [-0.1, -0.05) is 0 Å². The summed E-state index contributed by atoms with van der Waals surface area (Å²) in [7, 11) is 0. The fourth-order valence-electron chi connectivity index (χ4n) is 2.11. The Morgan fingerprint density at radius 3 is 2.89 bits per heavy atom. The predicted octanol–water partition coefficient (Wildman–Crippen LogP) is 3.19. The topological polar surface area (TPSA) is 47.3 Å². The molecule has 1 aromatic carbocycles. The van der Waals surface area contributed by atoms with E-state index in [4.69, 9.17) is 10.5 Å². The summed E-state index contributed by atoms with van der Waals surface area (Å²) in [6.07, 6.45) is 0.785. The molecule has 0 spiro atoms. The smallest absolute Gasteiger partial charge is 0.265 e. The number of nitrogen functional groups attached to an aromatic ring is 1. The molecule has 2 rings (SSSR count). The first-order chi connectivity index (χ1) is 8.66. The first-order valence-corrected chi connectivity index (χ1v) is 6.20. The van der Waals surface area contributed by atoms with Gasteiger partial charge in [0.25, 0.3) is 6.43 Å². The molecule has 0 aliphatic carbocycles. The largest absolute Gasteiger partial charge is 0.399 e. The van der Waals surface area contributed by atoms with E-state index in [2.05, 4.69) is 5.32 Å². The molecule has 1 saturated heterocycles. The van der Waals surface area contributed by atoms with Gasteiger partial charge in [-0.15, -0.1) is 0 Å². The number of rotatable bonds is 4. The molecule has 1 fully saturated rings. The summed E-state index contributed by atoms with van der Waals surface area (Å²) in [5.74, 6) is 0. The van der Waals surface area contributed by atoms with Crippen LogP contribution >= 0.6 is 0 Å². The zero-order valence-corrected chi connectivity index (χ0v) is 10.2. The maximum absolute atomic E-state index is 12.8. The van der Waals surface area contributed by atoms with E-state index in [1.165, 1.54) is 6.07 Å². The Hall–Kier alpha value is -1.36. The number of halogens is 2. The Labute approximate surface area is 105 Å². The van der Waals surface area contributed by atoms with Gasteiger partial charge in [-0.3, -0.25) is 0 Å². The molecule has 0 radical (unpaired) electrons.